The van der Waals surface area contributed by atoms with E-state index < -0.39 is 30.7 Å². The van der Waals surface area contributed by atoms with E-state index in [0.29, 0.717) is 38.0 Å². The molecule has 0 N–H and O–H groups in total. The van der Waals surface area contributed by atoms with Gasteiger partial charge in [0.25, 0.3) is 0 Å². The maximum atomic E-state index is 6.60. The summed E-state index contributed by atoms with van der Waals surface area (Å²) in [6, 6.07) is 30.1. The number of hydrogen-bond acceptors (Lipinski definition) is 8. The zero-order valence-corrected chi connectivity index (χ0v) is 22.2. The van der Waals surface area contributed by atoms with E-state index in [1.165, 1.54) is 0 Å². The summed E-state index contributed by atoms with van der Waals surface area (Å²) in [6.45, 7) is 2.89. The predicted octanol–water partition coefficient (Wildman–Crippen LogP) is 5.05. The van der Waals surface area contributed by atoms with Gasteiger partial charge in [-0.15, -0.1) is 10.2 Å². The molecule has 0 amide bonds. The highest BCUT2D eigenvalue weighted by Gasteiger charge is 2.49. The molecule has 5 atom stereocenters. The molecule has 0 spiro atoms. The van der Waals surface area contributed by atoms with Crippen molar-refractivity contribution in [2.45, 2.75) is 63.9 Å². The Labute approximate surface area is 228 Å². The predicted molar refractivity (Wildman–Crippen MR) is 143 cm³/mol. The zero-order valence-electron chi connectivity index (χ0n) is 22.2. The average molecular weight is 531 g/mol. The van der Waals surface area contributed by atoms with E-state index in [4.69, 9.17) is 28.1 Å². The van der Waals surface area contributed by atoms with Gasteiger partial charge in [0.2, 0.25) is 11.8 Å². The third-order valence-corrected chi connectivity index (χ3v) is 6.62. The van der Waals surface area contributed by atoms with Gasteiger partial charge in [-0.25, -0.2) is 0 Å². The van der Waals surface area contributed by atoms with Crippen LogP contribution in [0.5, 0.6) is 0 Å². The van der Waals surface area contributed by atoms with E-state index in [9.17, 15) is 0 Å². The SMILES string of the molecule is CO[C@H]1O[C@H](Cc2nnc(C)o2)[C@@H](OCc2ccccc2)[C@H](OCc2ccccc2)[C@H]1OCc1ccccc1. The number of methoxy groups -OCH3 is 1. The zero-order chi connectivity index (χ0) is 26.9. The fraction of sp³-hybridized carbons (Fsp3) is 0.355. The third kappa shape index (κ3) is 7.38. The Morgan fingerprint density at radius 1 is 0.641 bits per heavy atom. The lowest BCUT2D eigenvalue weighted by molar-refractivity contribution is -0.318. The minimum absolute atomic E-state index is 0.344. The summed E-state index contributed by atoms with van der Waals surface area (Å²) in [5, 5.41) is 8.17. The van der Waals surface area contributed by atoms with E-state index in [2.05, 4.69) is 10.2 Å². The number of aryl methyl sites for hydroxylation is 1. The molecule has 3 aromatic carbocycles. The van der Waals surface area contributed by atoms with Crippen LogP contribution in [-0.2, 0) is 49.9 Å². The largest absolute Gasteiger partial charge is 0.425 e. The van der Waals surface area contributed by atoms with E-state index in [0.717, 1.165) is 16.7 Å². The summed E-state index contributed by atoms with van der Waals surface area (Å²) < 4.78 is 37.6. The molecular weight excluding hydrogens is 496 g/mol. The summed E-state index contributed by atoms with van der Waals surface area (Å²) in [5.41, 5.74) is 3.13. The van der Waals surface area contributed by atoms with Crippen molar-refractivity contribution in [2.24, 2.45) is 0 Å². The summed E-state index contributed by atoms with van der Waals surface area (Å²) in [6.07, 6.45) is -2.40. The minimum atomic E-state index is -0.694. The molecule has 1 aliphatic heterocycles. The Bertz CT molecular complexity index is 1250. The summed E-state index contributed by atoms with van der Waals surface area (Å²) in [4.78, 5) is 0. The van der Waals surface area contributed by atoms with Crippen LogP contribution in [0.15, 0.2) is 95.4 Å². The molecule has 4 aromatic rings. The first-order valence-electron chi connectivity index (χ1n) is 13.1. The van der Waals surface area contributed by atoms with E-state index in [-0.39, 0.29) is 0 Å². The van der Waals surface area contributed by atoms with Crippen molar-refractivity contribution < 1.29 is 28.1 Å². The average Bonchev–Trinajstić information content (AvgIpc) is 3.40. The van der Waals surface area contributed by atoms with Gasteiger partial charge in [0, 0.05) is 14.0 Å². The molecule has 8 nitrogen and oxygen atoms in total. The first-order chi connectivity index (χ1) is 19.2. The maximum Gasteiger partial charge on any atom is 0.219 e. The van der Waals surface area contributed by atoms with Gasteiger partial charge >= 0.3 is 0 Å². The van der Waals surface area contributed by atoms with Crippen molar-refractivity contribution in [3.63, 3.8) is 0 Å². The van der Waals surface area contributed by atoms with Gasteiger partial charge in [0.1, 0.15) is 18.3 Å². The van der Waals surface area contributed by atoms with Gasteiger partial charge in [-0.2, -0.15) is 0 Å². The molecule has 39 heavy (non-hydrogen) atoms. The van der Waals surface area contributed by atoms with Crippen molar-refractivity contribution in [2.75, 3.05) is 7.11 Å². The van der Waals surface area contributed by atoms with Gasteiger partial charge in [0.05, 0.1) is 32.3 Å². The van der Waals surface area contributed by atoms with Gasteiger partial charge < -0.3 is 28.1 Å². The van der Waals surface area contributed by atoms with Crippen LogP contribution in [0.4, 0.5) is 0 Å². The highest BCUT2D eigenvalue weighted by Crippen LogP contribution is 2.32. The highest BCUT2D eigenvalue weighted by molar-refractivity contribution is 5.16. The number of hydrogen-bond donors (Lipinski definition) is 0. The lowest BCUT2D eigenvalue weighted by Gasteiger charge is -2.45. The van der Waals surface area contributed by atoms with Crippen LogP contribution < -0.4 is 0 Å². The van der Waals surface area contributed by atoms with Crippen LogP contribution in [0.25, 0.3) is 0 Å². The fourth-order valence-electron chi connectivity index (χ4n) is 4.69. The highest BCUT2D eigenvalue weighted by atomic mass is 16.7. The van der Waals surface area contributed by atoms with E-state index >= 15 is 0 Å². The normalized spacial score (nSPS) is 23.1. The van der Waals surface area contributed by atoms with Crippen molar-refractivity contribution in [1.82, 2.24) is 10.2 Å². The molecule has 2 heterocycles. The van der Waals surface area contributed by atoms with Gasteiger partial charge in [-0.3, -0.25) is 0 Å². The standard InChI is InChI=1S/C31H34N2O6/c1-22-32-33-27(38-22)18-26-28(35-19-23-12-6-3-7-13-23)29(36-20-24-14-8-4-9-15-24)30(31(34-2)39-26)37-21-25-16-10-5-11-17-25/h3-17,26,28-31H,18-21H2,1-2H3/t26-,28-,29+,30-,31+/m1/s1. The van der Waals surface area contributed by atoms with Crippen LogP contribution >= 0.6 is 0 Å². The van der Waals surface area contributed by atoms with Crippen LogP contribution in [0, 0.1) is 6.92 Å². The van der Waals surface area contributed by atoms with Crippen LogP contribution in [0.3, 0.4) is 0 Å². The van der Waals surface area contributed by atoms with Gasteiger partial charge in [-0.05, 0) is 16.7 Å². The van der Waals surface area contributed by atoms with Gasteiger partial charge in [0.15, 0.2) is 6.29 Å². The Morgan fingerprint density at radius 2 is 1.13 bits per heavy atom. The minimum Gasteiger partial charge on any atom is -0.425 e. The quantitative estimate of drug-likeness (QED) is 0.252. The Balaban J connectivity index is 1.43. The third-order valence-electron chi connectivity index (χ3n) is 6.62. The van der Waals surface area contributed by atoms with Crippen LogP contribution in [0.1, 0.15) is 28.5 Å². The molecular formula is C31H34N2O6. The second kappa shape index (κ2) is 13.6. The van der Waals surface area contributed by atoms with Crippen molar-refractivity contribution in [3.8, 4) is 0 Å². The number of rotatable bonds is 12. The Hall–Kier alpha value is -3.40. The fourth-order valence-corrected chi connectivity index (χ4v) is 4.69. The lowest BCUT2D eigenvalue weighted by atomic mass is 9.95. The molecule has 1 aliphatic rings. The van der Waals surface area contributed by atoms with E-state index in [1.54, 1.807) is 14.0 Å². The number of aromatic nitrogens is 2. The molecule has 1 aromatic heterocycles. The molecule has 8 heteroatoms. The van der Waals surface area contributed by atoms with Gasteiger partial charge in [-0.1, -0.05) is 91.0 Å². The lowest BCUT2D eigenvalue weighted by Crippen LogP contribution is -2.61. The second-order valence-corrected chi connectivity index (χ2v) is 9.48. The van der Waals surface area contributed by atoms with Crippen molar-refractivity contribution in [3.05, 3.63) is 119 Å². The molecule has 0 saturated carbocycles. The van der Waals surface area contributed by atoms with Crippen molar-refractivity contribution in [1.29, 1.82) is 0 Å². The van der Waals surface area contributed by atoms with Crippen LogP contribution in [0.2, 0.25) is 0 Å². The van der Waals surface area contributed by atoms with Crippen LogP contribution in [-0.4, -0.2) is 48.0 Å². The Kier molecular flexibility index (Phi) is 9.47. The summed E-state index contributed by atoms with van der Waals surface area (Å²) in [7, 11) is 1.61. The smallest absolute Gasteiger partial charge is 0.219 e. The molecule has 5 rings (SSSR count). The first kappa shape index (κ1) is 27.2. The van der Waals surface area contributed by atoms with Crippen molar-refractivity contribution >= 4 is 0 Å². The molecule has 0 bridgehead atoms. The van der Waals surface area contributed by atoms with E-state index in [1.807, 2.05) is 91.0 Å². The molecule has 1 fully saturated rings. The number of benzene rings is 3. The molecule has 0 aliphatic carbocycles. The molecule has 1 saturated heterocycles. The maximum absolute atomic E-state index is 6.60. The second-order valence-electron chi connectivity index (χ2n) is 9.48. The first-order valence-corrected chi connectivity index (χ1v) is 13.1. The number of nitrogens with zero attached hydrogens (tertiary/aromatic N) is 2. The molecule has 0 unspecified atom stereocenters. The summed E-state index contributed by atoms with van der Waals surface area (Å²) >= 11 is 0. The number of ether oxygens (including phenoxy) is 5. The Morgan fingerprint density at radius 3 is 1.59 bits per heavy atom. The monoisotopic (exact) mass is 530 g/mol. The summed E-state index contributed by atoms with van der Waals surface area (Å²) in [5.74, 6) is 0.956. The molecule has 204 valence electrons. The molecule has 0 radical (unpaired) electrons. The topological polar surface area (TPSA) is 85.1 Å².